The lowest BCUT2D eigenvalue weighted by Gasteiger charge is -2.19. The summed E-state index contributed by atoms with van der Waals surface area (Å²) in [5.41, 5.74) is 0.0393. The lowest BCUT2D eigenvalue weighted by atomic mass is 10.1. The molecule has 100 valence electrons. The molecule has 0 fully saturated rings. The number of carbonyl (C=O) groups excluding carboxylic acids is 1. The normalized spacial score (nSPS) is 11.4. The zero-order valence-corrected chi connectivity index (χ0v) is 11.8. The molecule has 0 aliphatic rings. The molecule has 0 unspecified atom stereocenters. The highest BCUT2D eigenvalue weighted by atomic mass is 16.6. The second-order valence-corrected chi connectivity index (χ2v) is 5.73. The van der Waals surface area contributed by atoms with Crippen molar-refractivity contribution in [1.29, 1.82) is 0 Å². The fourth-order valence-electron chi connectivity index (χ4n) is 1.31. The Labute approximate surface area is 109 Å². The third kappa shape index (κ3) is 5.21. The molecule has 0 atom stereocenters. The van der Waals surface area contributed by atoms with Crippen molar-refractivity contribution in [3.05, 3.63) is 29.8 Å². The highest BCUT2D eigenvalue weighted by Crippen LogP contribution is 2.17. The Kier molecular flexibility index (Phi) is 4.76. The van der Waals surface area contributed by atoms with E-state index < -0.39 is 5.60 Å². The summed E-state index contributed by atoms with van der Waals surface area (Å²) in [6.07, 6.45) is 0. The van der Waals surface area contributed by atoms with E-state index in [9.17, 15) is 4.79 Å². The van der Waals surface area contributed by atoms with Crippen LogP contribution in [0.5, 0.6) is 5.75 Å². The van der Waals surface area contributed by atoms with Crippen LogP contribution >= 0.6 is 0 Å². The smallest absolute Gasteiger partial charge is 0.338 e. The van der Waals surface area contributed by atoms with Gasteiger partial charge in [0.2, 0.25) is 0 Å². The fourth-order valence-corrected chi connectivity index (χ4v) is 1.31. The predicted octanol–water partition coefficient (Wildman–Crippen LogP) is 3.68. The highest BCUT2D eigenvalue weighted by Gasteiger charge is 2.18. The molecule has 0 radical (unpaired) electrons. The van der Waals surface area contributed by atoms with Crippen molar-refractivity contribution in [3.8, 4) is 5.75 Å². The molecule has 0 N–H and O–H groups in total. The van der Waals surface area contributed by atoms with Crippen LogP contribution in [-0.2, 0) is 4.74 Å². The number of benzene rings is 1. The first-order valence-corrected chi connectivity index (χ1v) is 6.24. The number of ether oxygens (including phenoxy) is 2. The van der Waals surface area contributed by atoms with Gasteiger partial charge in [0.25, 0.3) is 0 Å². The van der Waals surface area contributed by atoms with Crippen LogP contribution in [0.25, 0.3) is 0 Å². The van der Waals surface area contributed by atoms with Crippen LogP contribution in [0, 0.1) is 5.92 Å². The van der Waals surface area contributed by atoms with Crippen LogP contribution in [0.15, 0.2) is 24.3 Å². The van der Waals surface area contributed by atoms with E-state index in [-0.39, 0.29) is 5.97 Å². The quantitative estimate of drug-likeness (QED) is 0.765. The summed E-state index contributed by atoms with van der Waals surface area (Å²) in [4.78, 5) is 11.9. The molecule has 0 saturated carbocycles. The minimum absolute atomic E-state index is 0.322. The Morgan fingerprint density at radius 1 is 1.28 bits per heavy atom. The molecule has 0 heterocycles. The number of hydrogen-bond acceptors (Lipinski definition) is 3. The Bertz CT molecular complexity index is 402. The molecule has 0 spiro atoms. The summed E-state index contributed by atoms with van der Waals surface area (Å²) in [5, 5.41) is 0. The Balaban J connectivity index is 2.72. The van der Waals surface area contributed by atoms with Crippen LogP contribution in [-0.4, -0.2) is 18.2 Å². The van der Waals surface area contributed by atoms with Gasteiger partial charge in [0.15, 0.2) is 0 Å². The van der Waals surface area contributed by atoms with E-state index in [4.69, 9.17) is 9.47 Å². The summed E-state index contributed by atoms with van der Waals surface area (Å²) >= 11 is 0. The summed E-state index contributed by atoms with van der Waals surface area (Å²) in [6.45, 7) is 10.4. The second-order valence-electron chi connectivity index (χ2n) is 5.73. The molecule has 1 aromatic carbocycles. The van der Waals surface area contributed by atoms with Crippen LogP contribution in [0.3, 0.4) is 0 Å². The minimum Gasteiger partial charge on any atom is -0.493 e. The third-order valence-electron chi connectivity index (χ3n) is 2.05. The zero-order valence-electron chi connectivity index (χ0n) is 11.8. The van der Waals surface area contributed by atoms with Gasteiger partial charge in [-0.2, -0.15) is 0 Å². The van der Waals surface area contributed by atoms with Crippen molar-refractivity contribution >= 4 is 5.97 Å². The van der Waals surface area contributed by atoms with Crippen LogP contribution in [0.1, 0.15) is 45.0 Å². The molecule has 3 heteroatoms. The fraction of sp³-hybridized carbons (Fsp3) is 0.533. The average molecular weight is 250 g/mol. The van der Waals surface area contributed by atoms with E-state index in [0.717, 1.165) is 0 Å². The molecule has 0 saturated heterocycles. The largest absolute Gasteiger partial charge is 0.493 e. The zero-order chi connectivity index (χ0) is 13.8. The lowest BCUT2D eigenvalue weighted by molar-refractivity contribution is 0.00691. The van der Waals surface area contributed by atoms with Crippen LogP contribution < -0.4 is 4.74 Å². The molecule has 0 bridgehead atoms. The summed E-state index contributed by atoms with van der Waals surface area (Å²) < 4.78 is 10.9. The standard InChI is InChI=1S/C15H22O3/c1-11(2)10-17-13-8-6-7-12(9-13)14(16)18-15(3,4)5/h6-9,11H,10H2,1-5H3. The molecule has 1 rings (SSSR count). The number of esters is 1. The predicted molar refractivity (Wildman–Crippen MR) is 71.9 cm³/mol. The van der Waals surface area contributed by atoms with Gasteiger partial charge in [0, 0.05) is 0 Å². The average Bonchev–Trinajstić information content (AvgIpc) is 2.24. The molecular formula is C15H22O3. The van der Waals surface area contributed by atoms with Gasteiger partial charge >= 0.3 is 5.97 Å². The van der Waals surface area contributed by atoms with E-state index in [0.29, 0.717) is 23.8 Å². The molecule has 1 aromatic rings. The van der Waals surface area contributed by atoms with E-state index in [1.165, 1.54) is 0 Å². The first-order valence-electron chi connectivity index (χ1n) is 6.24. The maximum atomic E-state index is 11.9. The molecular weight excluding hydrogens is 228 g/mol. The third-order valence-corrected chi connectivity index (χ3v) is 2.05. The van der Waals surface area contributed by atoms with E-state index in [1.807, 2.05) is 26.8 Å². The first-order chi connectivity index (χ1) is 8.28. The minimum atomic E-state index is -0.480. The topological polar surface area (TPSA) is 35.5 Å². The maximum absolute atomic E-state index is 11.9. The molecule has 0 aliphatic heterocycles. The first kappa shape index (κ1) is 14.6. The molecule has 0 amide bonds. The number of rotatable bonds is 4. The highest BCUT2D eigenvalue weighted by molar-refractivity contribution is 5.90. The molecule has 3 nitrogen and oxygen atoms in total. The van der Waals surface area contributed by atoms with Crippen molar-refractivity contribution in [1.82, 2.24) is 0 Å². The Morgan fingerprint density at radius 3 is 2.50 bits per heavy atom. The van der Waals surface area contributed by atoms with Gasteiger partial charge in [0.05, 0.1) is 12.2 Å². The van der Waals surface area contributed by atoms with Crippen molar-refractivity contribution < 1.29 is 14.3 Å². The van der Waals surface area contributed by atoms with Gasteiger partial charge in [-0.05, 0) is 44.9 Å². The van der Waals surface area contributed by atoms with Crippen molar-refractivity contribution in [2.75, 3.05) is 6.61 Å². The van der Waals surface area contributed by atoms with Gasteiger partial charge in [0.1, 0.15) is 11.4 Å². The SMILES string of the molecule is CC(C)COc1cccc(C(=O)OC(C)(C)C)c1. The number of carbonyl (C=O) groups is 1. The second kappa shape index (κ2) is 5.89. The molecule has 18 heavy (non-hydrogen) atoms. The van der Waals surface area contributed by atoms with E-state index in [1.54, 1.807) is 18.2 Å². The van der Waals surface area contributed by atoms with Gasteiger partial charge in [-0.15, -0.1) is 0 Å². The molecule has 0 aliphatic carbocycles. The molecule has 0 aromatic heterocycles. The summed E-state index contributed by atoms with van der Waals surface area (Å²) in [5.74, 6) is 0.833. The van der Waals surface area contributed by atoms with Gasteiger partial charge < -0.3 is 9.47 Å². The Morgan fingerprint density at radius 2 is 1.94 bits per heavy atom. The summed E-state index contributed by atoms with van der Waals surface area (Å²) in [6, 6.07) is 7.10. The lowest BCUT2D eigenvalue weighted by Crippen LogP contribution is -2.23. The van der Waals surface area contributed by atoms with Crippen LogP contribution in [0.2, 0.25) is 0 Å². The monoisotopic (exact) mass is 250 g/mol. The van der Waals surface area contributed by atoms with Crippen LogP contribution in [0.4, 0.5) is 0 Å². The maximum Gasteiger partial charge on any atom is 0.338 e. The Hall–Kier alpha value is -1.51. The van der Waals surface area contributed by atoms with Gasteiger partial charge in [-0.1, -0.05) is 19.9 Å². The number of hydrogen-bond donors (Lipinski definition) is 0. The van der Waals surface area contributed by atoms with E-state index >= 15 is 0 Å². The van der Waals surface area contributed by atoms with Crippen molar-refractivity contribution in [3.63, 3.8) is 0 Å². The van der Waals surface area contributed by atoms with Gasteiger partial charge in [-0.25, -0.2) is 4.79 Å². The summed E-state index contributed by atoms with van der Waals surface area (Å²) in [7, 11) is 0. The van der Waals surface area contributed by atoms with Crippen molar-refractivity contribution in [2.45, 2.75) is 40.2 Å². The van der Waals surface area contributed by atoms with Gasteiger partial charge in [-0.3, -0.25) is 0 Å². The van der Waals surface area contributed by atoms with Crippen molar-refractivity contribution in [2.24, 2.45) is 5.92 Å². The van der Waals surface area contributed by atoms with E-state index in [2.05, 4.69) is 13.8 Å².